The number of rotatable bonds is 7. The van der Waals surface area contributed by atoms with Gasteiger partial charge in [-0.05, 0) is 85.8 Å². The van der Waals surface area contributed by atoms with Crippen LogP contribution >= 0.6 is 11.6 Å². The molecule has 2 fully saturated rings. The van der Waals surface area contributed by atoms with Crippen molar-refractivity contribution in [2.45, 2.75) is 31.7 Å². The molecule has 3 aliphatic rings. The predicted octanol–water partition coefficient (Wildman–Crippen LogP) is 5.57. The molecular weight excluding hydrogens is 584 g/mol. The van der Waals surface area contributed by atoms with Crippen molar-refractivity contribution in [1.82, 2.24) is 20.1 Å². The molecule has 2 N–H and O–H groups in total. The summed E-state index contributed by atoms with van der Waals surface area (Å²) in [6.07, 6.45) is 5.72. The fourth-order valence-electron chi connectivity index (χ4n) is 7.33. The van der Waals surface area contributed by atoms with E-state index in [0.717, 1.165) is 72.5 Å². The number of fused-ring (bicyclic) bond motifs is 2. The Hall–Kier alpha value is -4.01. The number of H-pyrrole nitrogens is 1. The first-order valence-corrected chi connectivity index (χ1v) is 16.6. The second-order valence-electron chi connectivity index (χ2n) is 12.7. The van der Waals surface area contributed by atoms with E-state index in [9.17, 15) is 9.59 Å². The highest BCUT2D eigenvalue weighted by Crippen LogP contribution is 2.34. The summed E-state index contributed by atoms with van der Waals surface area (Å²) in [4.78, 5) is 40.4. The maximum Gasteiger partial charge on any atom is 0.318 e. The third-order valence-electron chi connectivity index (χ3n) is 9.65. The second kappa shape index (κ2) is 13.2. The first-order chi connectivity index (χ1) is 22.0. The van der Waals surface area contributed by atoms with Crippen molar-refractivity contribution in [3.63, 3.8) is 0 Å². The number of piperazine rings is 1. The highest BCUT2D eigenvalue weighted by Gasteiger charge is 2.36. The number of halogens is 1. The van der Waals surface area contributed by atoms with Crippen LogP contribution in [0.1, 0.15) is 24.0 Å². The van der Waals surface area contributed by atoms with Gasteiger partial charge in [-0.1, -0.05) is 48.0 Å². The molecule has 0 aliphatic carbocycles. The molecular formula is C36H41ClN6O2. The van der Waals surface area contributed by atoms with Gasteiger partial charge in [0.2, 0.25) is 5.91 Å². The van der Waals surface area contributed by atoms with Crippen LogP contribution in [0, 0.1) is 5.92 Å². The Morgan fingerprint density at radius 2 is 1.67 bits per heavy atom. The average molecular weight is 625 g/mol. The van der Waals surface area contributed by atoms with Crippen LogP contribution in [0.2, 0.25) is 5.02 Å². The second-order valence-corrected chi connectivity index (χ2v) is 13.1. The van der Waals surface area contributed by atoms with Crippen LogP contribution in [0.5, 0.6) is 0 Å². The molecule has 0 spiro atoms. The van der Waals surface area contributed by atoms with Crippen LogP contribution in [0.4, 0.5) is 16.2 Å². The van der Waals surface area contributed by atoms with E-state index in [0.29, 0.717) is 37.0 Å². The Morgan fingerprint density at radius 3 is 2.47 bits per heavy atom. The van der Waals surface area contributed by atoms with Gasteiger partial charge in [0.1, 0.15) is 6.04 Å². The van der Waals surface area contributed by atoms with Crippen LogP contribution in [0.25, 0.3) is 10.9 Å². The molecule has 0 bridgehead atoms. The van der Waals surface area contributed by atoms with E-state index in [1.807, 2.05) is 70.6 Å². The number of hydrogen-bond acceptors (Lipinski definition) is 4. The van der Waals surface area contributed by atoms with E-state index in [-0.39, 0.29) is 11.9 Å². The summed E-state index contributed by atoms with van der Waals surface area (Å²) in [6, 6.07) is 23.3. The molecule has 3 amide bonds. The molecule has 2 saturated heterocycles. The van der Waals surface area contributed by atoms with Gasteiger partial charge in [0.15, 0.2) is 0 Å². The molecule has 0 radical (unpaired) electrons. The van der Waals surface area contributed by atoms with Gasteiger partial charge >= 0.3 is 6.03 Å². The van der Waals surface area contributed by atoms with Gasteiger partial charge in [-0.15, -0.1) is 0 Å². The molecule has 1 aromatic heterocycles. The average Bonchev–Trinajstić information content (AvgIpc) is 3.74. The number of nitrogens with one attached hydrogen (secondary N) is 2. The number of para-hydroxylation sites is 2. The lowest BCUT2D eigenvalue weighted by Crippen LogP contribution is -2.58. The van der Waals surface area contributed by atoms with Crippen LogP contribution in [-0.4, -0.2) is 85.1 Å². The highest BCUT2D eigenvalue weighted by molar-refractivity contribution is 6.30. The van der Waals surface area contributed by atoms with Crippen LogP contribution in [0.3, 0.4) is 0 Å². The Labute approximate surface area is 269 Å². The SMILES string of the molecule is O=C(N[C@H](Cc1c[nH]c2ccccc12)C(=O)N1C[C@H](CN2CCCC2)Cc2cc(Cl)ccc21)N1CCN(c2ccccc2)CC1. The molecule has 4 heterocycles. The number of urea groups is 1. The largest absolute Gasteiger partial charge is 0.368 e. The fourth-order valence-corrected chi connectivity index (χ4v) is 7.52. The molecule has 3 aliphatic heterocycles. The minimum absolute atomic E-state index is 0.0775. The van der Waals surface area contributed by atoms with E-state index in [4.69, 9.17) is 11.6 Å². The number of nitrogens with zero attached hydrogens (tertiary/aromatic N) is 4. The topological polar surface area (TPSA) is 74.9 Å². The van der Waals surface area contributed by atoms with E-state index in [2.05, 4.69) is 38.3 Å². The van der Waals surface area contributed by atoms with Gasteiger partial charge in [0.25, 0.3) is 0 Å². The van der Waals surface area contributed by atoms with Crippen molar-refractivity contribution in [3.05, 3.63) is 95.1 Å². The van der Waals surface area contributed by atoms with Crippen molar-refractivity contribution in [1.29, 1.82) is 0 Å². The third kappa shape index (κ3) is 6.53. The van der Waals surface area contributed by atoms with E-state index >= 15 is 0 Å². The molecule has 0 saturated carbocycles. The number of likely N-dealkylation sites (tertiary alicyclic amines) is 1. The number of aromatic amines is 1. The van der Waals surface area contributed by atoms with E-state index in [1.165, 1.54) is 12.8 Å². The summed E-state index contributed by atoms with van der Waals surface area (Å²) in [5.74, 6) is 0.222. The smallest absolute Gasteiger partial charge is 0.318 e. The number of benzene rings is 3. The summed E-state index contributed by atoms with van der Waals surface area (Å²) in [6.45, 7) is 6.50. The van der Waals surface area contributed by atoms with Crippen molar-refractivity contribution in [2.75, 3.05) is 62.2 Å². The summed E-state index contributed by atoms with van der Waals surface area (Å²) >= 11 is 6.46. The van der Waals surface area contributed by atoms with Gasteiger partial charge in [-0.3, -0.25) is 4.79 Å². The Kier molecular flexibility index (Phi) is 8.68. The summed E-state index contributed by atoms with van der Waals surface area (Å²) in [5.41, 5.74) is 5.19. The first-order valence-electron chi connectivity index (χ1n) is 16.2. The van der Waals surface area contributed by atoms with Crippen molar-refractivity contribution >= 4 is 45.8 Å². The highest BCUT2D eigenvalue weighted by atomic mass is 35.5. The number of hydrogen-bond donors (Lipinski definition) is 2. The molecule has 4 aromatic rings. The zero-order valence-corrected chi connectivity index (χ0v) is 26.4. The number of carbonyl (C=O) groups is 2. The minimum Gasteiger partial charge on any atom is -0.368 e. The fraction of sp³-hybridized carbons (Fsp3) is 0.389. The Morgan fingerprint density at radius 1 is 0.911 bits per heavy atom. The lowest BCUT2D eigenvalue weighted by Gasteiger charge is -2.39. The maximum absolute atomic E-state index is 14.7. The van der Waals surface area contributed by atoms with Crippen LogP contribution in [-0.2, 0) is 17.6 Å². The van der Waals surface area contributed by atoms with Gasteiger partial charge < -0.3 is 29.9 Å². The Bertz CT molecular complexity index is 1640. The van der Waals surface area contributed by atoms with Gasteiger partial charge in [0.05, 0.1) is 0 Å². The zero-order valence-electron chi connectivity index (χ0n) is 25.6. The van der Waals surface area contributed by atoms with Gasteiger partial charge in [-0.2, -0.15) is 0 Å². The lowest BCUT2D eigenvalue weighted by atomic mass is 9.91. The number of amides is 3. The normalized spacial score (nSPS) is 19.5. The minimum atomic E-state index is -0.724. The Balaban J connectivity index is 1.14. The standard InChI is InChI=1S/C36H41ClN6O2/c37-29-12-13-34-27(21-29)20-26(24-40-14-6-7-15-40)25-43(34)35(44)33(22-28-23-38-32-11-5-4-10-31(28)32)39-36(45)42-18-16-41(17-19-42)30-8-2-1-3-9-30/h1-5,8-13,21,23,26,33,38H,6-7,14-20,22,24-25H2,(H,39,45)/t26-,33+/m0/s1. The molecule has 2 atom stereocenters. The third-order valence-corrected chi connectivity index (χ3v) is 9.88. The lowest BCUT2D eigenvalue weighted by molar-refractivity contribution is -0.120. The van der Waals surface area contributed by atoms with Gasteiger partial charge in [-0.25, -0.2) is 4.79 Å². The number of anilines is 2. The molecule has 8 nitrogen and oxygen atoms in total. The number of carbonyl (C=O) groups excluding carboxylic acids is 2. The summed E-state index contributed by atoms with van der Waals surface area (Å²) in [7, 11) is 0. The quantitative estimate of drug-likeness (QED) is 0.282. The van der Waals surface area contributed by atoms with E-state index < -0.39 is 6.04 Å². The summed E-state index contributed by atoms with van der Waals surface area (Å²) < 4.78 is 0. The molecule has 0 unspecified atom stereocenters. The zero-order chi connectivity index (χ0) is 30.8. The van der Waals surface area contributed by atoms with Crippen LogP contribution in [0.15, 0.2) is 79.0 Å². The molecule has 3 aromatic carbocycles. The van der Waals surface area contributed by atoms with E-state index in [1.54, 1.807) is 0 Å². The predicted molar refractivity (Wildman–Crippen MR) is 181 cm³/mol. The molecule has 45 heavy (non-hydrogen) atoms. The molecule has 234 valence electrons. The van der Waals surface area contributed by atoms with Crippen molar-refractivity contribution < 1.29 is 9.59 Å². The molecule has 7 rings (SSSR count). The first kappa shape index (κ1) is 29.7. The van der Waals surface area contributed by atoms with Crippen molar-refractivity contribution in [3.8, 4) is 0 Å². The monoisotopic (exact) mass is 624 g/mol. The maximum atomic E-state index is 14.7. The van der Waals surface area contributed by atoms with Crippen LogP contribution < -0.4 is 15.1 Å². The summed E-state index contributed by atoms with van der Waals surface area (Å²) in [5, 5.41) is 4.95. The molecule has 9 heteroatoms. The van der Waals surface area contributed by atoms with Gasteiger partial charge in [0, 0.05) is 79.2 Å². The number of aromatic nitrogens is 1. The van der Waals surface area contributed by atoms with Crippen molar-refractivity contribution in [2.24, 2.45) is 5.92 Å².